The van der Waals surface area contributed by atoms with Crippen LogP contribution in [0, 0.1) is 5.41 Å². The highest BCUT2D eigenvalue weighted by atomic mass is 32.2. The molecule has 0 saturated heterocycles. The van der Waals surface area contributed by atoms with Crippen molar-refractivity contribution in [2.75, 3.05) is 5.75 Å². The molecular weight excluding hydrogens is 182 g/mol. The van der Waals surface area contributed by atoms with Gasteiger partial charge in [0, 0.05) is 0 Å². The molecule has 1 amide bonds. The second-order valence-electron chi connectivity index (χ2n) is 3.63. The third-order valence-corrected chi connectivity index (χ3v) is 4.75. The van der Waals surface area contributed by atoms with Crippen LogP contribution in [-0.2, 0) is 4.79 Å². The lowest BCUT2D eigenvalue weighted by Gasteiger charge is -2.27. The topological polar surface area (TPSA) is 43.1 Å². The molecule has 0 fully saturated rings. The van der Waals surface area contributed by atoms with Gasteiger partial charge in [0.1, 0.15) is 0 Å². The second-order valence-corrected chi connectivity index (χ2v) is 5.57. The standard InChI is InChI=1S/C10H17NOS/c1-3-10(2,9(11)12)8-13-6-4-5-7-13/h4-7,13H,3,8H2,1-2H3,(H2,11,12). The summed E-state index contributed by atoms with van der Waals surface area (Å²) in [5, 5.41) is 4.35. The maximum Gasteiger partial charge on any atom is 0.224 e. The van der Waals surface area contributed by atoms with Gasteiger partial charge in [-0.1, -0.05) is 26.0 Å². The number of rotatable bonds is 4. The Bertz CT molecular complexity index is 248. The molecule has 1 rings (SSSR count). The number of hydrogen-bond donors (Lipinski definition) is 2. The highest BCUT2D eigenvalue weighted by molar-refractivity contribution is 8.22. The van der Waals surface area contributed by atoms with Crippen LogP contribution < -0.4 is 5.73 Å². The molecule has 0 aromatic carbocycles. The number of nitrogens with two attached hydrogens (primary N) is 1. The summed E-state index contributed by atoms with van der Waals surface area (Å²) in [6.45, 7) is 3.97. The Balaban J connectivity index is 2.62. The fraction of sp³-hybridized carbons (Fsp3) is 0.500. The van der Waals surface area contributed by atoms with Gasteiger partial charge in [-0.2, -0.15) is 0 Å². The Morgan fingerprint density at radius 1 is 1.46 bits per heavy atom. The highest BCUT2D eigenvalue weighted by Gasteiger charge is 2.30. The molecule has 1 heterocycles. The molecule has 0 radical (unpaired) electrons. The van der Waals surface area contributed by atoms with Gasteiger partial charge in [0.15, 0.2) is 0 Å². The predicted molar refractivity (Wildman–Crippen MR) is 59.7 cm³/mol. The van der Waals surface area contributed by atoms with Crippen LogP contribution in [0.15, 0.2) is 23.0 Å². The molecule has 0 bridgehead atoms. The molecule has 2 N–H and O–H groups in total. The number of carbonyl (C=O) groups is 1. The molecule has 1 atom stereocenters. The first-order valence-corrected chi connectivity index (χ1v) is 6.15. The number of primary amides is 1. The van der Waals surface area contributed by atoms with Crippen LogP contribution in [0.25, 0.3) is 0 Å². The third kappa shape index (κ3) is 2.37. The van der Waals surface area contributed by atoms with E-state index in [2.05, 4.69) is 10.8 Å². The quantitative estimate of drug-likeness (QED) is 0.668. The minimum absolute atomic E-state index is 0.175. The van der Waals surface area contributed by atoms with Gasteiger partial charge in [-0.15, -0.1) is 0 Å². The summed E-state index contributed by atoms with van der Waals surface area (Å²) in [5.41, 5.74) is 5.05. The summed E-state index contributed by atoms with van der Waals surface area (Å²) in [6.07, 6.45) is 4.91. The number of amides is 1. The number of hydrogen-bond acceptors (Lipinski definition) is 1. The molecule has 0 saturated carbocycles. The minimum Gasteiger partial charge on any atom is -0.369 e. The average Bonchev–Trinajstić information content (AvgIpc) is 2.56. The molecule has 0 spiro atoms. The molecule has 13 heavy (non-hydrogen) atoms. The van der Waals surface area contributed by atoms with E-state index in [1.807, 2.05) is 26.0 Å². The van der Waals surface area contributed by atoms with Crippen molar-refractivity contribution in [3.63, 3.8) is 0 Å². The van der Waals surface area contributed by atoms with Crippen molar-refractivity contribution in [3.05, 3.63) is 23.0 Å². The van der Waals surface area contributed by atoms with E-state index < -0.39 is 0 Å². The van der Waals surface area contributed by atoms with Crippen LogP contribution in [0.1, 0.15) is 20.3 Å². The summed E-state index contributed by atoms with van der Waals surface area (Å²) >= 11 is 0. The lowest BCUT2D eigenvalue weighted by atomic mass is 9.89. The Morgan fingerprint density at radius 2 is 2.00 bits per heavy atom. The van der Waals surface area contributed by atoms with Crippen molar-refractivity contribution >= 4 is 16.8 Å². The monoisotopic (exact) mass is 199 g/mol. The molecule has 0 aromatic rings. The predicted octanol–water partition coefficient (Wildman–Crippen LogP) is 1.93. The fourth-order valence-electron chi connectivity index (χ4n) is 1.24. The molecule has 0 aromatic heterocycles. The molecule has 2 nitrogen and oxygen atoms in total. The molecular formula is C10H17NOS. The van der Waals surface area contributed by atoms with Crippen molar-refractivity contribution in [3.8, 4) is 0 Å². The van der Waals surface area contributed by atoms with Crippen LogP contribution in [0.5, 0.6) is 0 Å². The minimum atomic E-state index is -0.329. The summed E-state index contributed by atoms with van der Waals surface area (Å²) in [6, 6.07) is 0. The van der Waals surface area contributed by atoms with Crippen LogP contribution in [-0.4, -0.2) is 11.7 Å². The van der Waals surface area contributed by atoms with Crippen molar-refractivity contribution in [1.29, 1.82) is 0 Å². The maximum absolute atomic E-state index is 11.2. The van der Waals surface area contributed by atoms with Crippen LogP contribution in [0.3, 0.4) is 0 Å². The first kappa shape index (κ1) is 10.4. The Hall–Kier alpha value is -0.700. The van der Waals surface area contributed by atoms with E-state index in [0.29, 0.717) is 0 Å². The number of thiol groups is 1. The smallest absolute Gasteiger partial charge is 0.224 e. The molecule has 1 aliphatic heterocycles. The van der Waals surface area contributed by atoms with E-state index in [-0.39, 0.29) is 22.2 Å². The van der Waals surface area contributed by atoms with Gasteiger partial charge in [0.25, 0.3) is 0 Å². The van der Waals surface area contributed by atoms with E-state index in [4.69, 9.17) is 5.73 Å². The zero-order valence-corrected chi connectivity index (χ0v) is 9.05. The van der Waals surface area contributed by atoms with Crippen molar-refractivity contribution in [2.24, 2.45) is 11.1 Å². The van der Waals surface area contributed by atoms with Gasteiger partial charge in [-0.25, -0.2) is 10.9 Å². The second kappa shape index (κ2) is 4.01. The summed E-state index contributed by atoms with van der Waals surface area (Å²) in [7, 11) is -0.233. The third-order valence-electron chi connectivity index (χ3n) is 2.57. The van der Waals surface area contributed by atoms with Crippen LogP contribution in [0.4, 0.5) is 0 Å². The average molecular weight is 199 g/mol. The van der Waals surface area contributed by atoms with Crippen molar-refractivity contribution < 1.29 is 4.79 Å². The normalized spacial score (nSPS) is 21.8. The Kier molecular flexibility index (Phi) is 3.20. The van der Waals surface area contributed by atoms with E-state index in [9.17, 15) is 4.79 Å². The first-order chi connectivity index (χ1) is 6.08. The fourth-order valence-corrected chi connectivity index (χ4v) is 3.38. The highest BCUT2D eigenvalue weighted by Crippen LogP contribution is 2.40. The SMILES string of the molecule is CCC(C)(C[SH]1C=CC=C1)C(N)=O. The van der Waals surface area contributed by atoms with E-state index in [0.717, 1.165) is 12.2 Å². The molecule has 74 valence electrons. The zero-order valence-electron chi connectivity index (χ0n) is 8.16. The lowest BCUT2D eigenvalue weighted by molar-refractivity contribution is -0.125. The number of carbonyl (C=O) groups excluding carboxylic acids is 1. The van der Waals surface area contributed by atoms with Crippen LogP contribution >= 0.6 is 10.9 Å². The van der Waals surface area contributed by atoms with Crippen molar-refractivity contribution in [1.82, 2.24) is 0 Å². The number of allylic oxidation sites excluding steroid dienone is 2. The first-order valence-electron chi connectivity index (χ1n) is 4.49. The van der Waals surface area contributed by atoms with Gasteiger partial charge in [-0.3, -0.25) is 4.79 Å². The van der Waals surface area contributed by atoms with Gasteiger partial charge in [-0.05, 0) is 23.0 Å². The summed E-state index contributed by atoms with van der Waals surface area (Å²) in [4.78, 5) is 11.2. The van der Waals surface area contributed by atoms with E-state index in [1.165, 1.54) is 0 Å². The van der Waals surface area contributed by atoms with E-state index >= 15 is 0 Å². The zero-order chi connectivity index (χ0) is 9.90. The summed E-state index contributed by atoms with van der Waals surface area (Å²) < 4.78 is 0. The van der Waals surface area contributed by atoms with Gasteiger partial charge in [0.2, 0.25) is 5.91 Å². The van der Waals surface area contributed by atoms with Gasteiger partial charge in [0.05, 0.1) is 5.41 Å². The van der Waals surface area contributed by atoms with E-state index in [1.54, 1.807) is 0 Å². The summed E-state index contributed by atoms with van der Waals surface area (Å²) in [5.74, 6) is 0.715. The van der Waals surface area contributed by atoms with Crippen molar-refractivity contribution in [2.45, 2.75) is 20.3 Å². The molecule has 1 aliphatic rings. The Labute approximate surface area is 82.2 Å². The van der Waals surface area contributed by atoms with Crippen LogP contribution in [0.2, 0.25) is 0 Å². The maximum atomic E-state index is 11.2. The molecule has 3 heteroatoms. The molecule has 1 unspecified atom stereocenters. The largest absolute Gasteiger partial charge is 0.369 e. The van der Waals surface area contributed by atoms with Gasteiger partial charge >= 0.3 is 0 Å². The Morgan fingerprint density at radius 3 is 2.38 bits per heavy atom. The lowest BCUT2D eigenvalue weighted by Crippen LogP contribution is -2.36. The van der Waals surface area contributed by atoms with Gasteiger partial charge < -0.3 is 5.73 Å². The molecule has 0 aliphatic carbocycles.